The highest BCUT2D eigenvalue weighted by atomic mass is 16.1. The number of nitrogen functional groups attached to an aromatic ring is 1. The molecule has 5 nitrogen and oxygen atoms in total. The topological polar surface area (TPSA) is 71.2 Å². The lowest BCUT2D eigenvalue weighted by Gasteiger charge is -2.18. The zero-order valence-corrected chi connectivity index (χ0v) is 9.90. The lowest BCUT2D eigenvalue weighted by Crippen LogP contribution is -2.39. The van der Waals surface area contributed by atoms with E-state index < -0.39 is 0 Å². The van der Waals surface area contributed by atoms with E-state index in [-0.39, 0.29) is 17.8 Å². The molecular weight excluding hydrogens is 204 g/mol. The van der Waals surface area contributed by atoms with Crippen molar-refractivity contribution in [2.75, 3.05) is 26.4 Å². The van der Waals surface area contributed by atoms with E-state index in [9.17, 15) is 4.79 Å². The first-order valence-electron chi connectivity index (χ1n) is 5.16. The normalized spacial score (nSPS) is 12.5. The van der Waals surface area contributed by atoms with Crippen molar-refractivity contribution in [3.8, 4) is 0 Å². The van der Waals surface area contributed by atoms with Crippen LogP contribution in [0.2, 0.25) is 0 Å². The summed E-state index contributed by atoms with van der Waals surface area (Å²) in [5.41, 5.74) is 6.04. The average molecular weight is 222 g/mol. The van der Waals surface area contributed by atoms with Crippen LogP contribution in [0.4, 0.5) is 5.82 Å². The highest BCUT2D eigenvalue weighted by Gasteiger charge is 2.12. The predicted molar refractivity (Wildman–Crippen MR) is 64.1 cm³/mol. The molecule has 1 rings (SSSR count). The number of hydrogen-bond donors (Lipinski definition) is 2. The molecule has 88 valence electrons. The number of nitrogens with two attached hydrogens (primary N) is 1. The number of pyridine rings is 1. The second kappa shape index (κ2) is 5.46. The van der Waals surface area contributed by atoms with Crippen molar-refractivity contribution < 1.29 is 4.79 Å². The Labute approximate surface area is 95.7 Å². The lowest BCUT2D eigenvalue weighted by atomic mass is 10.2. The second-order valence-electron chi connectivity index (χ2n) is 4.07. The van der Waals surface area contributed by atoms with Crippen LogP contribution >= 0.6 is 0 Å². The van der Waals surface area contributed by atoms with Crippen LogP contribution in [0, 0.1) is 0 Å². The van der Waals surface area contributed by atoms with E-state index >= 15 is 0 Å². The van der Waals surface area contributed by atoms with Crippen molar-refractivity contribution in [1.29, 1.82) is 0 Å². The molecule has 5 heteroatoms. The second-order valence-corrected chi connectivity index (χ2v) is 4.07. The minimum absolute atomic E-state index is 0.0714. The summed E-state index contributed by atoms with van der Waals surface area (Å²) < 4.78 is 0. The first-order chi connectivity index (χ1) is 7.50. The maximum absolute atomic E-state index is 11.8. The first-order valence-corrected chi connectivity index (χ1v) is 5.16. The van der Waals surface area contributed by atoms with Crippen LogP contribution in [-0.4, -0.2) is 42.5 Å². The minimum Gasteiger partial charge on any atom is -0.383 e. The number of nitrogens with one attached hydrogen (secondary N) is 1. The Hall–Kier alpha value is -1.62. The summed E-state index contributed by atoms with van der Waals surface area (Å²) in [4.78, 5) is 17.7. The molecule has 0 fully saturated rings. The van der Waals surface area contributed by atoms with Gasteiger partial charge < -0.3 is 16.0 Å². The molecule has 1 aromatic heterocycles. The SMILES string of the molecule is CC(CN(C)C)NC(=O)c1cccnc1N. The van der Waals surface area contributed by atoms with Gasteiger partial charge in [-0.2, -0.15) is 0 Å². The molecule has 1 atom stereocenters. The lowest BCUT2D eigenvalue weighted by molar-refractivity contribution is 0.0935. The van der Waals surface area contributed by atoms with Gasteiger partial charge in [-0.1, -0.05) is 0 Å². The van der Waals surface area contributed by atoms with Crippen molar-refractivity contribution in [2.24, 2.45) is 0 Å². The number of carbonyl (C=O) groups excluding carboxylic acids is 1. The van der Waals surface area contributed by atoms with Crippen molar-refractivity contribution in [1.82, 2.24) is 15.2 Å². The molecule has 0 saturated heterocycles. The highest BCUT2D eigenvalue weighted by Crippen LogP contribution is 2.06. The average Bonchev–Trinajstić information content (AvgIpc) is 2.16. The van der Waals surface area contributed by atoms with E-state index in [2.05, 4.69) is 10.3 Å². The van der Waals surface area contributed by atoms with Crippen LogP contribution in [0.15, 0.2) is 18.3 Å². The number of aromatic nitrogens is 1. The number of carbonyl (C=O) groups is 1. The number of nitrogens with zero attached hydrogens (tertiary/aromatic N) is 2. The van der Waals surface area contributed by atoms with Crippen molar-refractivity contribution >= 4 is 11.7 Å². The van der Waals surface area contributed by atoms with Gasteiger partial charge in [0.2, 0.25) is 0 Å². The Balaban J connectivity index is 2.63. The molecule has 0 aliphatic rings. The van der Waals surface area contributed by atoms with E-state index in [1.165, 1.54) is 0 Å². The van der Waals surface area contributed by atoms with E-state index in [4.69, 9.17) is 5.73 Å². The smallest absolute Gasteiger partial charge is 0.255 e. The molecule has 0 radical (unpaired) electrons. The van der Waals surface area contributed by atoms with Crippen LogP contribution in [0.1, 0.15) is 17.3 Å². The monoisotopic (exact) mass is 222 g/mol. The summed E-state index contributed by atoms with van der Waals surface area (Å²) >= 11 is 0. The fourth-order valence-corrected chi connectivity index (χ4v) is 1.50. The molecule has 0 aromatic carbocycles. The fraction of sp³-hybridized carbons (Fsp3) is 0.455. The summed E-state index contributed by atoms with van der Waals surface area (Å²) in [6, 6.07) is 3.43. The van der Waals surface area contributed by atoms with Gasteiger partial charge >= 0.3 is 0 Å². The van der Waals surface area contributed by atoms with Crippen LogP contribution in [-0.2, 0) is 0 Å². The van der Waals surface area contributed by atoms with Crippen LogP contribution in [0.5, 0.6) is 0 Å². The highest BCUT2D eigenvalue weighted by molar-refractivity contribution is 5.98. The van der Waals surface area contributed by atoms with Gasteiger partial charge in [0.15, 0.2) is 0 Å². The van der Waals surface area contributed by atoms with Crippen molar-refractivity contribution in [2.45, 2.75) is 13.0 Å². The number of amides is 1. The summed E-state index contributed by atoms with van der Waals surface area (Å²) in [6.45, 7) is 2.73. The van der Waals surface area contributed by atoms with E-state index in [1.54, 1.807) is 18.3 Å². The number of hydrogen-bond acceptors (Lipinski definition) is 4. The van der Waals surface area contributed by atoms with Crippen LogP contribution in [0.25, 0.3) is 0 Å². The van der Waals surface area contributed by atoms with E-state index in [0.29, 0.717) is 5.56 Å². The molecule has 0 bridgehead atoms. The zero-order chi connectivity index (χ0) is 12.1. The first kappa shape index (κ1) is 12.4. The van der Waals surface area contributed by atoms with E-state index in [1.807, 2.05) is 25.9 Å². The molecule has 1 unspecified atom stereocenters. The largest absolute Gasteiger partial charge is 0.383 e. The molecule has 16 heavy (non-hydrogen) atoms. The van der Waals surface area contributed by atoms with Gasteiger partial charge in [0.05, 0.1) is 5.56 Å². The Morgan fingerprint density at radius 3 is 2.88 bits per heavy atom. The third-order valence-corrected chi connectivity index (χ3v) is 2.10. The van der Waals surface area contributed by atoms with Gasteiger partial charge in [-0.05, 0) is 33.2 Å². The molecule has 3 N–H and O–H groups in total. The van der Waals surface area contributed by atoms with Crippen molar-refractivity contribution in [3.63, 3.8) is 0 Å². The Morgan fingerprint density at radius 2 is 2.31 bits per heavy atom. The summed E-state index contributed by atoms with van der Waals surface area (Å²) in [5, 5.41) is 2.87. The third kappa shape index (κ3) is 3.51. The standard InChI is InChI=1S/C11H18N4O/c1-8(7-15(2)3)14-11(16)9-5-4-6-13-10(9)12/h4-6,8H,7H2,1-3H3,(H2,12,13)(H,14,16). The van der Waals surface area contributed by atoms with Gasteiger partial charge in [0.1, 0.15) is 5.82 Å². The Kier molecular flexibility index (Phi) is 4.25. The van der Waals surface area contributed by atoms with Gasteiger partial charge in [0, 0.05) is 18.8 Å². The summed E-state index contributed by atoms with van der Waals surface area (Å²) in [7, 11) is 3.92. The van der Waals surface area contributed by atoms with Crippen molar-refractivity contribution in [3.05, 3.63) is 23.9 Å². The molecule has 0 saturated carbocycles. The fourth-order valence-electron chi connectivity index (χ4n) is 1.50. The predicted octanol–water partition coefficient (Wildman–Crippen LogP) is 0.344. The number of likely N-dealkylation sites (N-methyl/N-ethyl adjacent to an activating group) is 1. The third-order valence-electron chi connectivity index (χ3n) is 2.10. The summed E-state index contributed by atoms with van der Waals surface area (Å²) in [5.74, 6) is 0.0806. The molecule has 1 aromatic rings. The molecule has 1 amide bonds. The Bertz CT molecular complexity index is 365. The molecular formula is C11H18N4O. The zero-order valence-electron chi connectivity index (χ0n) is 9.90. The summed E-state index contributed by atoms with van der Waals surface area (Å²) in [6.07, 6.45) is 1.56. The van der Waals surface area contributed by atoms with Gasteiger partial charge in [-0.3, -0.25) is 4.79 Å². The van der Waals surface area contributed by atoms with Gasteiger partial charge in [-0.15, -0.1) is 0 Å². The van der Waals surface area contributed by atoms with Crippen LogP contribution < -0.4 is 11.1 Å². The molecule has 1 heterocycles. The van der Waals surface area contributed by atoms with Gasteiger partial charge in [-0.25, -0.2) is 4.98 Å². The minimum atomic E-state index is -0.181. The van der Waals surface area contributed by atoms with Gasteiger partial charge in [0.25, 0.3) is 5.91 Å². The van der Waals surface area contributed by atoms with E-state index in [0.717, 1.165) is 6.54 Å². The maximum Gasteiger partial charge on any atom is 0.255 e. The quantitative estimate of drug-likeness (QED) is 0.771. The Morgan fingerprint density at radius 1 is 1.62 bits per heavy atom. The number of anilines is 1. The molecule has 0 aliphatic heterocycles. The molecule has 0 spiro atoms. The maximum atomic E-state index is 11.8. The van der Waals surface area contributed by atoms with Crippen LogP contribution in [0.3, 0.4) is 0 Å². The number of rotatable bonds is 4. The molecule has 0 aliphatic carbocycles.